The minimum atomic E-state index is -0.440. The maximum atomic E-state index is 13.2. The molecule has 1 fully saturated rings. The second-order valence-electron chi connectivity index (χ2n) is 9.21. The fraction of sp³-hybridized carbons (Fsp3) is 0.233. The Morgan fingerprint density at radius 1 is 0.900 bits per heavy atom. The van der Waals surface area contributed by atoms with Crippen molar-refractivity contribution in [3.05, 3.63) is 96.8 Å². The van der Waals surface area contributed by atoms with E-state index in [0.717, 1.165) is 11.4 Å². The van der Waals surface area contributed by atoms with Crippen LogP contribution in [0.4, 0.5) is 26.2 Å². The maximum absolute atomic E-state index is 13.2. The van der Waals surface area contributed by atoms with Crippen LogP contribution in [0.25, 0.3) is 0 Å². The molecule has 2 N–H and O–H groups in total. The molecule has 4 amide bonds. The third-order valence-corrected chi connectivity index (χ3v) is 6.49. The van der Waals surface area contributed by atoms with Crippen molar-refractivity contribution < 1.29 is 23.5 Å². The van der Waals surface area contributed by atoms with Crippen molar-refractivity contribution in [1.29, 1.82) is 0 Å². The summed E-state index contributed by atoms with van der Waals surface area (Å²) >= 11 is 0. The van der Waals surface area contributed by atoms with Crippen LogP contribution in [0.1, 0.15) is 10.4 Å². The number of hydrogen-bond acceptors (Lipinski definition) is 5. The van der Waals surface area contributed by atoms with E-state index in [-0.39, 0.29) is 30.9 Å². The van der Waals surface area contributed by atoms with Crippen molar-refractivity contribution >= 4 is 34.9 Å². The number of hydrogen-bond donors (Lipinski definition) is 2. The SMILES string of the molecule is C=CCN(CC(=O)Nc1ccc(N2CCN(C(=O)Nc3ccc(OC)cc3)CC2)cc1)C(=O)c1ccc(F)cc1. The number of benzene rings is 3. The molecule has 0 spiro atoms. The zero-order valence-corrected chi connectivity index (χ0v) is 22.3. The van der Waals surface area contributed by atoms with Gasteiger partial charge in [-0.3, -0.25) is 9.59 Å². The minimum absolute atomic E-state index is 0.147. The minimum Gasteiger partial charge on any atom is -0.497 e. The highest BCUT2D eigenvalue weighted by Crippen LogP contribution is 2.21. The van der Waals surface area contributed by atoms with Crippen molar-refractivity contribution in [3.63, 3.8) is 0 Å². The highest BCUT2D eigenvalue weighted by atomic mass is 19.1. The van der Waals surface area contributed by atoms with Crippen LogP contribution < -0.4 is 20.3 Å². The average Bonchev–Trinajstić information content (AvgIpc) is 2.98. The number of nitrogens with one attached hydrogen (secondary N) is 2. The first-order valence-electron chi connectivity index (χ1n) is 12.9. The Hall–Kier alpha value is -4.86. The van der Waals surface area contributed by atoms with E-state index in [0.29, 0.717) is 43.1 Å². The van der Waals surface area contributed by atoms with Gasteiger partial charge in [0.1, 0.15) is 18.1 Å². The summed E-state index contributed by atoms with van der Waals surface area (Å²) in [6.07, 6.45) is 1.53. The van der Waals surface area contributed by atoms with E-state index in [2.05, 4.69) is 22.1 Å². The summed E-state index contributed by atoms with van der Waals surface area (Å²) < 4.78 is 18.4. The van der Waals surface area contributed by atoms with E-state index in [1.807, 2.05) is 12.1 Å². The Bertz CT molecular complexity index is 1320. The molecule has 208 valence electrons. The first kappa shape index (κ1) is 28.2. The molecule has 0 atom stereocenters. The number of rotatable bonds is 9. The van der Waals surface area contributed by atoms with Crippen molar-refractivity contribution in [2.75, 3.05) is 61.9 Å². The predicted molar refractivity (Wildman–Crippen MR) is 153 cm³/mol. The van der Waals surface area contributed by atoms with Crippen LogP contribution in [0.2, 0.25) is 0 Å². The lowest BCUT2D eigenvalue weighted by molar-refractivity contribution is -0.116. The maximum Gasteiger partial charge on any atom is 0.321 e. The number of piperazine rings is 1. The Kier molecular flexibility index (Phi) is 9.35. The fourth-order valence-electron chi connectivity index (χ4n) is 4.32. The van der Waals surface area contributed by atoms with Crippen LogP contribution in [0.15, 0.2) is 85.5 Å². The Balaban J connectivity index is 1.26. The summed E-state index contributed by atoms with van der Waals surface area (Å²) in [5, 5.41) is 5.72. The van der Waals surface area contributed by atoms with Crippen LogP contribution in [-0.2, 0) is 4.79 Å². The summed E-state index contributed by atoms with van der Waals surface area (Å²) in [7, 11) is 1.59. The Morgan fingerprint density at radius 2 is 1.50 bits per heavy atom. The molecule has 0 radical (unpaired) electrons. The average molecular weight is 546 g/mol. The van der Waals surface area contributed by atoms with Gasteiger partial charge in [-0.25, -0.2) is 9.18 Å². The van der Waals surface area contributed by atoms with Crippen LogP contribution >= 0.6 is 0 Å². The molecule has 1 aliphatic heterocycles. The molecule has 4 rings (SSSR count). The molecule has 0 bridgehead atoms. The van der Waals surface area contributed by atoms with Gasteiger partial charge in [0.25, 0.3) is 5.91 Å². The van der Waals surface area contributed by atoms with Crippen LogP contribution in [0.5, 0.6) is 5.75 Å². The lowest BCUT2D eigenvalue weighted by Gasteiger charge is -2.36. The molecule has 1 heterocycles. The van der Waals surface area contributed by atoms with Gasteiger partial charge < -0.3 is 30.1 Å². The summed E-state index contributed by atoms with van der Waals surface area (Å²) in [4.78, 5) is 43.4. The van der Waals surface area contributed by atoms with Gasteiger partial charge in [-0.1, -0.05) is 6.08 Å². The van der Waals surface area contributed by atoms with Crippen molar-refractivity contribution in [1.82, 2.24) is 9.80 Å². The van der Waals surface area contributed by atoms with E-state index in [4.69, 9.17) is 4.74 Å². The smallest absolute Gasteiger partial charge is 0.321 e. The number of methoxy groups -OCH3 is 1. The van der Waals surface area contributed by atoms with Gasteiger partial charge in [0.2, 0.25) is 5.91 Å². The summed E-state index contributed by atoms with van der Waals surface area (Å²) in [5.74, 6) is -0.460. The number of nitrogens with zero attached hydrogens (tertiary/aromatic N) is 3. The highest BCUT2D eigenvalue weighted by Gasteiger charge is 2.22. The summed E-state index contributed by atoms with van der Waals surface area (Å²) in [6.45, 7) is 6.14. The first-order valence-corrected chi connectivity index (χ1v) is 12.9. The predicted octanol–water partition coefficient (Wildman–Crippen LogP) is 4.46. The lowest BCUT2D eigenvalue weighted by Crippen LogP contribution is -2.50. The number of urea groups is 1. The van der Waals surface area contributed by atoms with Gasteiger partial charge in [-0.2, -0.15) is 0 Å². The van der Waals surface area contributed by atoms with Gasteiger partial charge >= 0.3 is 6.03 Å². The van der Waals surface area contributed by atoms with Gasteiger partial charge in [-0.15, -0.1) is 6.58 Å². The molecular formula is C30H32FN5O4. The highest BCUT2D eigenvalue weighted by molar-refractivity contribution is 5.99. The summed E-state index contributed by atoms with van der Waals surface area (Å²) in [5.41, 5.74) is 2.57. The normalized spacial score (nSPS) is 12.8. The zero-order valence-electron chi connectivity index (χ0n) is 22.3. The first-order chi connectivity index (χ1) is 19.4. The number of amides is 4. The number of halogens is 1. The quantitative estimate of drug-likeness (QED) is 0.388. The second kappa shape index (κ2) is 13.3. The Morgan fingerprint density at radius 3 is 2.10 bits per heavy atom. The fourth-order valence-corrected chi connectivity index (χ4v) is 4.32. The lowest BCUT2D eigenvalue weighted by atomic mass is 10.2. The zero-order chi connectivity index (χ0) is 28.5. The number of carbonyl (C=O) groups is 3. The topological polar surface area (TPSA) is 94.2 Å². The molecule has 0 unspecified atom stereocenters. The Labute approximate surface area is 232 Å². The van der Waals surface area contributed by atoms with Crippen molar-refractivity contribution in [3.8, 4) is 5.75 Å². The van der Waals surface area contributed by atoms with E-state index in [1.165, 1.54) is 35.2 Å². The number of carbonyl (C=O) groups excluding carboxylic acids is 3. The van der Waals surface area contributed by atoms with Crippen LogP contribution in [0, 0.1) is 5.82 Å². The molecular weight excluding hydrogens is 513 g/mol. The third kappa shape index (κ3) is 7.37. The molecule has 3 aromatic carbocycles. The van der Waals surface area contributed by atoms with Gasteiger partial charge in [0.05, 0.1) is 7.11 Å². The number of anilines is 3. The van der Waals surface area contributed by atoms with E-state index >= 15 is 0 Å². The second-order valence-corrected chi connectivity index (χ2v) is 9.21. The largest absolute Gasteiger partial charge is 0.497 e. The molecule has 1 saturated heterocycles. The van der Waals surface area contributed by atoms with Crippen LogP contribution in [0.3, 0.4) is 0 Å². The van der Waals surface area contributed by atoms with Gasteiger partial charge in [0, 0.05) is 55.3 Å². The molecule has 3 aromatic rings. The van der Waals surface area contributed by atoms with Crippen LogP contribution in [-0.4, -0.2) is 74.0 Å². The van der Waals surface area contributed by atoms with E-state index in [1.54, 1.807) is 48.4 Å². The molecule has 0 saturated carbocycles. The van der Waals surface area contributed by atoms with Gasteiger partial charge in [-0.05, 0) is 72.8 Å². The summed E-state index contributed by atoms with van der Waals surface area (Å²) in [6, 6.07) is 19.7. The molecule has 9 nitrogen and oxygen atoms in total. The molecule has 10 heteroatoms. The molecule has 0 aliphatic carbocycles. The molecule has 40 heavy (non-hydrogen) atoms. The van der Waals surface area contributed by atoms with E-state index < -0.39 is 5.82 Å². The number of ether oxygens (including phenoxy) is 1. The molecule has 0 aromatic heterocycles. The third-order valence-electron chi connectivity index (χ3n) is 6.49. The van der Waals surface area contributed by atoms with Crippen molar-refractivity contribution in [2.24, 2.45) is 0 Å². The monoisotopic (exact) mass is 545 g/mol. The standard InChI is InChI=1S/C30H32FN5O4/c1-3-16-36(29(38)22-4-6-23(31)7-5-22)21-28(37)32-24-8-12-26(13-9-24)34-17-19-35(20-18-34)30(39)33-25-10-14-27(40-2)15-11-25/h3-15H,1,16-21H2,2H3,(H,32,37)(H,33,39). The molecule has 1 aliphatic rings. The van der Waals surface area contributed by atoms with Gasteiger partial charge in [0.15, 0.2) is 0 Å². The van der Waals surface area contributed by atoms with E-state index in [9.17, 15) is 18.8 Å². The van der Waals surface area contributed by atoms with Crippen molar-refractivity contribution in [2.45, 2.75) is 0 Å².